The van der Waals surface area contributed by atoms with Crippen molar-refractivity contribution in [3.63, 3.8) is 0 Å². The molecule has 1 aromatic heterocycles. The second-order valence-corrected chi connectivity index (χ2v) is 3.61. The fraction of sp³-hybridized carbons (Fsp3) is 0.154. The molecular weight excluding hydrogens is 251 g/mol. The van der Waals surface area contributed by atoms with Gasteiger partial charge in [0.1, 0.15) is 5.69 Å². The maximum atomic E-state index is 13.9. The van der Waals surface area contributed by atoms with Crippen molar-refractivity contribution < 1.29 is 18.7 Å². The Kier molecular flexibility index (Phi) is 3.70. The van der Waals surface area contributed by atoms with Crippen molar-refractivity contribution in [1.82, 2.24) is 10.2 Å². The molecule has 0 aliphatic rings. The quantitative estimate of drug-likeness (QED) is 0.787. The predicted octanol–water partition coefficient (Wildman–Crippen LogP) is 1.86. The van der Waals surface area contributed by atoms with Crippen LogP contribution in [0.5, 0.6) is 11.6 Å². The molecule has 0 spiro atoms. The number of hydrogen-bond acceptors (Lipinski definition) is 5. The first-order valence-electron chi connectivity index (χ1n) is 5.42. The molecule has 1 heterocycles. The average Bonchev–Trinajstić information content (AvgIpc) is 2.47. The van der Waals surface area contributed by atoms with Gasteiger partial charge in [-0.3, -0.25) is 4.79 Å². The van der Waals surface area contributed by atoms with Gasteiger partial charge in [0.05, 0.1) is 19.8 Å². The lowest BCUT2D eigenvalue weighted by atomic mass is 10.1. The van der Waals surface area contributed by atoms with Crippen LogP contribution in [-0.2, 0) is 0 Å². The van der Waals surface area contributed by atoms with Crippen LogP contribution < -0.4 is 9.47 Å². The van der Waals surface area contributed by atoms with Crippen molar-refractivity contribution in [2.24, 2.45) is 0 Å². The van der Waals surface area contributed by atoms with Gasteiger partial charge in [-0.2, -0.15) is 0 Å². The van der Waals surface area contributed by atoms with Gasteiger partial charge in [0.2, 0.25) is 11.7 Å². The summed E-state index contributed by atoms with van der Waals surface area (Å²) < 4.78 is 23.6. The number of aromatic nitrogens is 2. The minimum atomic E-state index is -0.715. The summed E-state index contributed by atoms with van der Waals surface area (Å²) in [5.41, 5.74) is -0.0771. The Bertz CT molecular complexity index is 599. The Hall–Kier alpha value is -2.50. The van der Waals surface area contributed by atoms with Crippen LogP contribution in [0, 0.1) is 5.82 Å². The number of ketones is 1. The molecule has 1 aromatic carbocycles. The highest BCUT2D eigenvalue weighted by atomic mass is 19.1. The zero-order valence-electron chi connectivity index (χ0n) is 10.4. The summed E-state index contributed by atoms with van der Waals surface area (Å²) in [5, 5.41) is 7.36. The fourth-order valence-electron chi connectivity index (χ4n) is 1.53. The molecule has 0 radical (unpaired) electrons. The normalized spacial score (nSPS) is 10.1. The maximum absolute atomic E-state index is 13.9. The molecule has 0 aliphatic heterocycles. The van der Waals surface area contributed by atoms with Gasteiger partial charge in [0.15, 0.2) is 11.6 Å². The molecule has 0 atom stereocenters. The molecule has 19 heavy (non-hydrogen) atoms. The number of halogens is 1. The van der Waals surface area contributed by atoms with E-state index in [4.69, 9.17) is 9.47 Å². The van der Waals surface area contributed by atoms with E-state index in [1.165, 1.54) is 44.6 Å². The zero-order chi connectivity index (χ0) is 13.8. The van der Waals surface area contributed by atoms with Crippen molar-refractivity contribution in [2.75, 3.05) is 14.2 Å². The average molecular weight is 262 g/mol. The first-order valence-corrected chi connectivity index (χ1v) is 5.42. The van der Waals surface area contributed by atoms with Gasteiger partial charge < -0.3 is 9.47 Å². The monoisotopic (exact) mass is 262 g/mol. The van der Waals surface area contributed by atoms with Gasteiger partial charge in [-0.15, -0.1) is 10.2 Å². The molecule has 6 heteroatoms. The smallest absolute Gasteiger partial charge is 0.233 e. The fourth-order valence-corrected chi connectivity index (χ4v) is 1.53. The molecule has 0 amide bonds. The molecule has 0 saturated heterocycles. The predicted molar refractivity (Wildman–Crippen MR) is 65.0 cm³/mol. The minimum absolute atomic E-state index is 0.00678. The number of carbonyl (C=O) groups excluding carboxylic acids is 1. The van der Waals surface area contributed by atoms with E-state index in [1.54, 1.807) is 0 Å². The number of rotatable bonds is 4. The van der Waals surface area contributed by atoms with Crippen molar-refractivity contribution in [3.8, 4) is 11.6 Å². The first-order chi connectivity index (χ1) is 9.17. The molecule has 2 aromatic rings. The summed E-state index contributed by atoms with van der Waals surface area (Å²) in [4.78, 5) is 12.1. The molecule has 98 valence electrons. The van der Waals surface area contributed by atoms with Gasteiger partial charge in [0, 0.05) is 6.07 Å². The van der Waals surface area contributed by atoms with Gasteiger partial charge in [0.25, 0.3) is 0 Å². The van der Waals surface area contributed by atoms with Crippen LogP contribution >= 0.6 is 0 Å². The van der Waals surface area contributed by atoms with Gasteiger partial charge in [-0.05, 0) is 18.2 Å². The van der Waals surface area contributed by atoms with Crippen LogP contribution in [0.3, 0.4) is 0 Å². The van der Waals surface area contributed by atoms with Gasteiger partial charge in [-0.25, -0.2) is 4.39 Å². The second kappa shape index (κ2) is 5.43. The molecule has 2 rings (SSSR count). The van der Waals surface area contributed by atoms with Crippen LogP contribution in [0.1, 0.15) is 16.1 Å². The Balaban J connectivity index is 2.38. The molecule has 0 N–H and O–H groups in total. The maximum Gasteiger partial charge on any atom is 0.233 e. The Labute approximate surface area is 109 Å². The molecule has 0 bridgehead atoms. The summed E-state index contributed by atoms with van der Waals surface area (Å²) in [7, 11) is 2.77. The molecule has 5 nitrogen and oxygen atoms in total. The van der Waals surface area contributed by atoms with E-state index < -0.39 is 11.6 Å². The number of hydrogen-bond donors (Lipinski definition) is 0. The van der Waals surface area contributed by atoms with Crippen molar-refractivity contribution in [3.05, 3.63) is 47.4 Å². The molecule has 0 unspecified atom stereocenters. The lowest BCUT2D eigenvalue weighted by molar-refractivity contribution is 0.102. The Morgan fingerprint density at radius 2 is 1.89 bits per heavy atom. The lowest BCUT2D eigenvalue weighted by Crippen LogP contribution is -2.08. The molecule has 0 saturated carbocycles. The summed E-state index contributed by atoms with van der Waals surface area (Å²) in [6.07, 6.45) is 0. The standard InChI is InChI=1S/C13H11FN2O3/c1-18-10-5-3-4-8(12(10)14)13(17)9-6-7-11(19-2)16-15-9/h3-7H,1-2H3. The number of benzene rings is 1. The first kappa shape index (κ1) is 12.9. The zero-order valence-corrected chi connectivity index (χ0v) is 10.4. The third-order valence-electron chi connectivity index (χ3n) is 2.51. The third kappa shape index (κ3) is 2.52. The SMILES string of the molecule is COc1ccc(C(=O)c2cccc(OC)c2F)nn1. The number of ether oxygens (including phenoxy) is 2. The van der Waals surface area contributed by atoms with Crippen molar-refractivity contribution in [2.45, 2.75) is 0 Å². The van der Waals surface area contributed by atoms with Gasteiger partial charge >= 0.3 is 0 Å². The van der Waals surface area contributed by atoms with Crippen LogP contribution in [0.2, 0.25) is 0 Å². The number of methoxy groups -OCH3 is 2. The highest BCUT2D eigenvalue weighted by molar-refractivity contribution is 6.08. The lowest BCUT2D eigenvalue weighted by Gasteiger charge is -2.06. The molecular formula is C13H11FN2O3. The minimum Gasteiger partial charge on any atom is -0.494 e. The van der Waals surface area contributed by atoms with E-state index in [9.17, 15) is 9.18 Å². The molecule has 0 aliphatic carbocycles. The molecule has 0 fully saturated rings. The van der Waals surface area contributed by atoms with Crippen molar-refractivity contribution >= 4 is 5.78 Å². The number of carbonyl (C=O) groups is 1. The van der Waals surface area contributed by atoms with E-state index in [2.05, 4.69) is 10.2 Å². The summed E-state index contributed by atoms with van der Waals surface area (Å²) >= 11 is 0. The Morgan fingerprint density at radius 1 is 1.11 bits per heavy atom. The van der Waals surface area contributed by atoms with E-state index in [1.807, 2.05) is 0 Å². The number of nitrogens with zero attached hydrogens (tertiary/aromatic N) is 2. The van der Waals surface area contributed by atoms with E-state index in [0.717, 1.165) is 0 Å². The Morgan fingerprint density at radius 3 is 2.47 bits per heavy atom. The van der Waals surface area contributed by atoms with E-state index >= 15 is 0 Å². The second-order valence-electron chi connectivity index (χ2n) is 3.61. The third-order valence-corrected chi connectivity index (χ3v) is 2.51. The highest BCUT2D eigenvalue weighted by Gasteiger charge is 2.18. The summed E-state index contributed by atoms with van der Waals surface area (Å²) in [6.45, 7) is 0. The summed E-state index contributed by atoms with van der Waals surface area (Å²) in [6, 6.07) is 7.25. The van der Waals surface area contributed by atoms with Crippen molar-refractivity contribution in [1.29, 1.82) is 0 Å². The van der Waals surface area contributed by atoms with Crippen LogP contribution in [0.25, 0.3) is 0 Å². The largest absolute Gasteiger partial charge is 0.494 e. The highest BCUT2D eigenvalue weighted by Crippen LogP contribution is 2.22. The van der Waals surface area contributed by atoms with Crippen LogP contribution in [-0.4, -0.2) is 30.2 Å². The van der Waals surface area contributed by atoms with E-state index in [0.29, 0.717) is 0 Å². The van der Waals surface area contributed by atoms with Crippen LogP contribution in [0.15, 0.2) is 30.3 Å². The summed E-state index contributed by atoms with van der Waals surface area (Å²) in [5.74, 6) is -0.992. The van der Waals surface area contributed by atoms with Crippen LogP contribution in [0.4, 0.5) is 4.39 Å². The van der Waals surface area contributed by atoms with E-state index in [-0.39, 0.29) is 22.9 Å². The van der Waals surface area contributed by atoms with Gasteiger partial charge in [-0.1, -0.05) is 6.07 Å². The topological polar surface area (TPSA) is 61.3 Å².